The van der Waals surface area contributed by atoms with E-state index in [4.69, 9.17) is 14.2 Å². The third-order valence-corrected chi connectivity index (χ3v) is 3.72. The average molecular weight is 377 g/mol. The first-order chi connectivity index (χ1) is 11.1. The molecule has 0 aliphatic heterocycles. The number of ketones is 1. The third kappa shape index (κ3) is 4.13. The van der Waals surface area contributed by atoms with Crippen molar-refractivity contribution in [1.82, 2.24) is 0 Å². The van der Waals surface area contributed by atoms with Gasteiger partial charge in [0.05, 0.1) is 21.3 Å². The first-order valence-corrected chi connectivity index (χ1v) is 7.66. The molecule has 0 saturated carbocycles. The number of methoxy groups -OCH3 is 3. The zero-order valence-corrected chi connectivity index (χ0v) is 14.7. The summed E-state index contributed by atoms with van der Waals surface area (Å²) >= 11 is 3.36. The minimum absolute atomic E-state index is 0.0833. The van der Waals surface area contributed by atoms with Gasteiger partial charge in [-0.1, -0.05) is 34.1 Å². The van der Waals surface area contributed by atoms with Gasteiger partial charge in [-0.05, 0) is 35.9 Å². The van der Waals surface area contributed by atoms with E-state index in [0.29, 0.717) is 22.8 Å². The topological polar surface area (TPSA) is 44.8 Å². The fourth-order valence-electron chi connectivity index (χ4n) is 2.11. The summed E-state index contributed by atoms with van der Waals surface area (Å²) in [6, 6.07) is 10.8. The Kier molecular flexibility index (Phi) is 5.82. The largest absolute Gasteiger partial charge is 0.493 e. The van der Waals surface area contributed by atoms with Crippen LogP contribution in [0.4, 0.5) is 0 Å². The number of hydrogen-bond donors (Lipinski definition) is 0. The fourth-order valence-corrected chi connectivity index (χ4v) is 2.51. The molecule has 0 heterocycles. The summed E-state index contributed by atoms with van der Waals surface area (Å²) in [5.74, 6) is 1.52. The van der Waals surface area contributed by atoms with Crippen molar-refractivity contribution in [3.05, 3.63) is 58.1 Å². The van der Waals surface area contributed by atoms with E-state index >= 15 is 0 Å². The molecule has 0 N–H and O–H groups in total. The van der Waals surface area contributed by atoms with E-state index in [1.165, 1.54) is 6.08 Å². The molecule has 0 amide bonds. The van der Waals surface area contributed by atoms with Crippen molar-refractivity contribution in [1.29, 1.82) is 0 Å². The lowest BCUT2D eigenvalue weighted by Gasteiger charge is -2.12. The van der Waals surface area contributed by atoms with E-state index in [1.54, 1.807) is 51.7 Å². The molecule has 4 nitrogen and oxygen atoms in total. The zero-order chi connectivity index (χ0) is 16.8. The van der Waals surface area contributed by atoms with Gasteiger partial charge in [0.25, 0.3) is 0 Å². The van der Waals surface area contributed by atoms with Crippen LogP contribution in [0.1, 0.15) is 15.9 Å². The van der Waals surface area contributed by atoms with Gasteiger partial charge in [0.2, 0.25) is 5.75 Å². The van der Waals surface area contributed by atoms with Gasteiger partial charge in [-0.15, -0.1) is 0 Å². The number of hydrogen-bond acceptors (Lipinski definition) is 4. The van der Waals surface area contributed by atoms with Crippen LogP contribution in [-0.4, -0.2) is 27.1 Å². The van der Waals surface area contributed by atoms with Crippen LogP contribution < -0.4 is 14.2 Å². The summed E-state index contributed by atoms with van der Waals surface area (Å²) in [6.07, 6.45) is 3.23. The lowest BCUT2D eigenvalue weighted by Crippen LogP contribution is -1.96. The standard InChI is InChI=1S/C18H17BrO4/c1-21-16-9-12(10-17(22-2)18(16)23-3)7-8-15(20)13-5-4-6-14(19)11-13/h4-11H,1-3H3/b8-7+. The predicted octanol–water partition coefficient (Wildman–Crippen LogP) is 4.37. The fraction of sp³-hybridized carbons (Fsp3) is 0.167. The molecular formula is C18H17BrO4. The number of halogens is 1. The van der Waals surface area contributed by atoms with Crippen LogP contribution in [0.5, 0.6) is 17.2 Å². The maximum absolute atomic E-state index is 12.2. The molecule has 2 aromatic rings. The SMILES string of the molecule is COc1cc(/C=C/C(=O)c2cccc(Br)c2)cc(OC)c1OC. The van der Waals surface area contributed by atoms with E-state index in [1.807, 2.05) is 12.1 Å². The van der Waals surface area contributed by atoms with E-state index in [-0.39, 0.29) is 5.78 Å². The Labute approximate surface area is 143 Å². The Morgan fingerprint density at radius 3 is 2.17 bits per heavy atom. The molecule has 120 valence electrons. The van der Waals surface area contributed by atoms with Crippen LogP contribution >= 0.6 is 15.9 Å². The summed E-state index contributed by atoms with van der Waals surface area (Å²) in [7, 11) is 4.65. The number of rotatable bonds is 6. The van der Waals surface area contributed by atoms with Gasteiger partial charge in [0.15, 0.2) is 17.3 Å². The Morgan fingerprint density at radius 2 is 1.65 bits per heavy atom. The van der Waals surface area contributed by atoms with Gasteiger partial charge in [0, 0.05) is 10.0 Å². The van der Waals surface area contributed by atoms with Gasteiger partial charge in [-0.3, -0.25) is 4.79 Å². The summed E-state index contributed by atoms with van der Waals surface area (Å²) in [5, 5.41) is 0. The van der Waals surface area contributed by atoms with Crippen LogP contribution in [-0.2, 0) is 0 Å². The van der Waals surface area contributed by atoms with Gasteiger partial charge >= 0.3 is 0 Å². The van der Waals surface area contributed by atoms with Gasteiger partial charge in [-0.2, -0.15) is 0 Å². The van der Waals surface area contributed by atoms with Crippen LogP contribution in [0, 0.1) is 0 Å². The van der Waals surface area contributed by atoms with Crippen molar-refractivity contribution in [3.63, 3.8) is 0 Å². The van der Waals surface area contributed by atoms with Crippen molar-refractivity contribution in [3.8, 4) is 17.2 Å². The molecule has 0 fully saturated rings. The molecule has 23 heavy (non-hydrogen) atoms. The van der Waals surface area contributed by atoms with Crippen molar-refractivity contribution >= 4 is 27.8 Å². The lowest BCUT2D eigenvalue weighted by atomic mass is 10.1. The first-order valence-electron chi connectivity index (χ1n) is 6.87. The summed E-state index contributed by atoms with van der Waals surface area (Å²) in [6.45, 7) is 0. The highest BCUT2D eigenvalue weighted by molar-refractivity contribution is 9.10. The highest BCUT2D eigenvalue weighted by atomic mass is 79.9. The summed E-state index contributed by atoms with van der Waals surface area (Å²) in [5.41, 5.74) is 1.39. The van der Waals surface area contributed by atoms with Crippen molar-refractivity contribution < 1.29 is 19.0 Å². The van der Waals surface area contributed by atoms with Crippen molar-refractivity contribution in [2.24, 2.45) is 0 Å². The number of allylic oxidation sites excluding steroid dienone is 1. The number of carbonyl (C=O) groups is 1. The number of benzene rings is 2. The maximum atomic E-state index is 12.2. The maximum Gasteiger partial charge on any atom is 0.203 e. The Hall–Kier alpha value is -2.27. The molecule has 0 atom stereocenters. The summed E-state index contributed by atoms with van der Waals surface area (Å²) in [4.78, 5) is 12.2. The van der Waals surface area contributed by atoms with E-state index in [9.17, 15) is 4.79 Å². The number of carbonyl (C=O) groups excluding carboxylic acids is 1. The second kappa shape index (κ2) is 7.83. The smallest absolute Gasteiger partial charge is 0.203 e. The zero-order valence-electron chi connectivity index (χ0n) is 13.1. The average Bonchev–Trinajstić information content (AvgIpc) is 2.58. The second-order valence-electron chi connectivity index (χ2n) is 4.67. The van der Waals surface area contributed by atoms with Crippen molar-refractivity contribution in [2.75, 3.05) is 21.3 Å². The van der Waals surface area contributed by atoms with Crippen LogP contribution in [0.2, 0.25) is 0 Å². The van der Waals surface area contributed by atoms with Crippen LogP contribution in [0.3, 0.4) is 0 Å². The lowest BCUT2D eigenvalue weighted by molar-refractivity contribution is 0.104. The number of ether oxygens (including phenoxy) is 3. The molecule has 2 rings (SSSR count). The highest BCUT2D eigenvalue weighted by Crippen LogP contribution is 2.38. The molecule has 0 unspecified atom stereocenters. The Bertz CT molecular complexity index is 713. The van der Waals surface area contributed by atoms with E-state index in [2.05, 4.69) is 15.9 Å². The van der Waals surface area contributed by atoms with Gasteiger partial charge in [0.1, 0.15) is 0 Å². The molecule has 0 aliphatic carbocycles. The van der Waals surface area contributed by atoms with E-state index in [0.717, 1.165) is 10.0 Å². The summed E-state index contributed by atoms with van der Waals surface area (Å²) < 4.78 is 16.7. The Morgan fingerprint density at radius 1 is 1.00 bits per heavy atom. The second-order valence-corrected chi connectivity index (χ2v) is 5.58. The minimum atomic E-state index is -0.0833. The van der Waals surface area contributed by atoms with Crippen LogP contribution in [0.25, 0.3) is 6.08 Å². The molecular weight excluding hydrogens is 360 g/mol. The molecule has 0 aliphatic rings. The molecule has 0 spiro atoms. The van der Waals surface area contributed by atoms with Crippen LogP contribution in [0.15, 0.2) is 46.9 Å². The predicted molar refractivity (Wildman–Crippen MR) is 93.6 cm³/mol. The molecule has 5 heteroatoms. The molecule has 0 aromatic heterocycles. The normalized spacial score (nSPS) is 10.6. The molecule has 0 saturated heterocycles. The highest BCUT2D eigenvalue weighted by Gasteiger charge is 2.12. The third-order valence-electron chi connectivity index (χ3n) is 3.22. The molecule has 2 aromatic carbocycles. The minimum Gasteiger partial charge on any atom is -0.493 e. The van der Waals surface area contributed by atoms with Gasteiger partial charge < -0.3 is 14.2 Å². The molecule has 0 radical (unpaired) electrons. The first kappa shape index (κ1) is 17.1. The van der Waals surface area contributed by atoms with E-state index < -0.39 is 0 Å². The van der Waals surface area contributed by atoms with Crippen molar-refractivity contribution in [2.45, 2.75) is 0 Å². The molecule has 0 bridgehead atoms. The van der Waals surface area contributed by atoms with Gasteiger partial charge in [-0.25, -0.2) is 0 Å². The monoisotopic (exact) mass is 376 g/mol. The Balaban J connectivity index is 2.30. The quantitative estimate of drug-likeness (QED) is 0.554.